The summed E-state index contributed by atoms with van der Waals surface area (Å²) in [6.07, 6.45) is 5.28. The lowest BCUT2D eigenvalue weighted by Gasteiger charge is -2.12. The van der Waals surface area contributed by atoms with E-state index in [1.165, 1.54) is 30.3 Å². The molecule has 0 atom stereocenters. The van der Waals surface area contributed by atoms with Crippen molar-refractivity contribution in [3.63, 3.8) is 0 Å². The predicted octanol–water partition coefficient (Wildman–Crippen LogP) is 2.43. The van der Waals surface area contributed by atoms with E-state index in [1.807, 2.05) is 6.07 Å². The number of ether oxygens (including phenoxy) is 2. The van der Waals surface area contributed by atoms with E-state index in [9.17, 15) is 13.2 Å². The summed E-state index contributed by atoms with van der Waals surface area (Å²) < 4.78 is 41.7. The number of sulfone groups is 1. The summed E-state index contributed by atoms with van der Waals surface area (Å²) in [4.78, 5) is 24.7. The van der Waals surface area contributed by atoms with Gasteiger partial charge in [-0.3, -0.25) is 4.79 Å². The van der Waals surface area contributed by atoms with E-state index in [0.717, 1.165) is 11.8 Å². The Labute approximate surface area is 189 Å². The van der Waals surface area contributed by atoms with Gasteiger partial charge in [-0.1, -0.05) is 6.07 Å². The summed E-state index contributed by atoms with van der Waals surface area (Å²) in [6.45, 7) is 0.256. The molecule has 0 unspecified atom stereocenters. The number of pyridine rings is 1. The smallest absolute Gasteiger partial charge is 0.250 e. The van der Waals surface area contributed by atoms with E-state index < -0.39 is 9.84 Å². The summed E-state index contributed by atoms with van der Waals surface area (Å²) in [5, 5.41) is -0.357. The molecule has 170 valence electrons. The van der Waals surface area contributed by atoms with Gasteiger partial charge >= 0.3 is 0 Å². The van der Waals surface area contributed by atoms with Crippen LogP contribution in [-0.4, -0.2) is 48.4 Å². The molecule has 0 aliphatic rings. The van der Waals surface area contributed by atoms with E-state index in [1.54, 1.807) is 37.6 Å². The summed E-state index contributed by atoms with van der Waals surface area (Å²) in [7, 11) is -0.623. The maximum absolute atomic E-state index is 12.5. The lowest BCUT2D eigenvalue weighted by Crippen LogP contribution is -2.19. The molecule has 0 fully saturated rings. The molecule has 3 aromatic heterocycles. The Kier molecular flexibility index (Phi) is 5.97. The fourth-order valence-corrected chi connectivity index (χ4v) is 3.72. The number of nitrogens with zero attached hydrogens (tertiary/aromatic N) is 4. The van der Waals surface area contributed by atoms with Gasteiger partial charge in [0.15, 0.2) is 23.7 Å². The quantitative estimate of drug-likeness (QED) is 0.376. The fraction of sp³-hybridized carbons (Fsp3) is 0.182. The minimum atomic E-state index is -3.71. The van der Waals surface area contributed by atoms with Gasteiger partial charge < -0.3 is 18.5 Å². The summed E-state index contributed by atoms with van der Waals surface area (Å²) in [6, 6.07) is 9.92. The van der Waals surface area contributed by atoms with Crippen LogP contribution in [0.5, 0.6) is 11.5 Å². The van der Waals surface area contributed by atoms with Gasteiger partial charge in [0, 0.05) is 24.1 Å². The molecule has 1 aromatic carbocycles. The highest BCUT2D eigenvalue weighted by atomic mass is 32.2. The van der Waals surface area contributed by atoms with Crippen LogP contribution in [0, 0.1) is 0 Å². The van der Waals surface area contributed by atoms with E-state index in [4.69, 9.17) is 13.9 Å². The number of hydrogen-bond donors (Lipinski definition) is 0. The third-order valence-electron chi connectivity index (χ3n) is 4.80. The molecule has 0 aliphatic heterocycles. The fourth-order valence-electron chi connectivity index (χ4n) is 3.19. The first-order chi connectivity index (χ1) is 15.8. The van der Waals surface area contributed by atoms with Crippen LogP contribution < -0.4 is 15.0 Å². The van der Waals surface area contributed by atoms with E-state index in [2.05, 4.69) is 15.0 Å². The monoisotopic (exact) mass is 468 g/mol. The number of aromatic nitrogens is 4. The average molecular weight is 468 g/mol. The zero-order chi connectivity index (χ0) is 23.6. The van der Waals surface area contributed by atoms with Gasteiger partial charge in [-0.2, -0.15) is 0 Å². The first kappa shape index (κ1) is 22.2. The van der Waals surface area contributed by atoms with Crippen molar-refractivity contribution in [3.05, 3.63) is 71.1 Å². The van der Waals surface area contributed by atoms with Crippen LogP contribution >= 0.6 is 0 Å². The Hall–Kier alpha value is -3.99. The zero-order valence-corrected chi connectivity index (χ0v) is 18.9. The molecular weight excluding hydrogens is 448 g/mol. The largest absolute Gasteiger partial charge is 0.493 e. The lowest BCUT2D eigenvalue weighted by molar-refractivity contribution is 0.354. The molecule has 4 rings (SSSR count). The van der Waals surface area contributed by atoms with Crippen molar-refractivity contribution in [2.45, 2.75) is 11.7 Å². The SMILES string of the molecule is COc1ccc(Cn2cc(-c3cc(-c4cnco4)nc(S(C)(=O)=O)n3)ccc2=O)cc1OC. The Morgan fingerprint density at radius 3 is 2.42 bits per heavy atom. The molecule has 3 heterocycles. The van der Waals surface area contributed by atoms with Crippen LogP contribution in [0.2, 0.25) is 0 Å². The second kappa shape index (κ2) is 8.87. The van der Waals surface area contributed by atoms with Crippen molar-refractivity contribution in [3.8, 4) is 34.2 Å². The topological polar surface area (TPSA) is 126 Å². The number of methoxy groups -OCH3 is 2. The molecule has 0 spiro atoms. The van der Waals surface area contributed by atoms with E-state index in [0.29, 0.717) is 28.5 Å². The van der Waals surface area contributed by atoms with Gasteiger partial charge in [0.2, 0.25) is 15.0 Å². The second-order valence-electron chi connectivity index (χ2n) is 7.13. The third kappa shape index (κ3) is 4.77. The number of benzene rings is 1. The molecule has 33 heavy (non-hydrogen) atoms. The van der Waals surface area contributed by atoms with Gasteiger partial charge in [-0.05, 0) is 29.8 Å². The van der Waals surface area contributed by atoms with Gasteiger partial charge in [-0.15, -0.1) is 0 Å². The van der Waals surface area contributed by atoms with Gasteiger partial charge in [-0.25, -0.2) is 23.4 Å². The van der Waals surface area contributed by atoms with Gasteiger partial charge in [0.05, 0.1) is 32.7 Å². The minimum Gasteiger partial charge on any atom is -0.493 e. The predicted molar refractivity (Wildman–Crippen MR) is 119 cm³/mol. The number of hydrogen-bond acceptors (Lipinski definition) is 9. The van der Waals surface area contributed by atoms with Crippen molar-refractivity contribution in [1.82, 2.24) is 19.5 Å². The molecule has 4 aromatic rings. The highest BCUT2D eigenvalue weighted by molar-refractivity contribution is 7.90. The number of rotatable bonds is 7. The maximum Gasteiger partial charge on any atom is 0.250 e. The Morgan fingerprint density at radius 2 is 1.76 bits per heavy atom. The van der Waals surface area contributed by atoms with Crippen molar-refractivity contribution in [2.75, 3.05) is 20.5 Å². The van der Waals surface area contributed by atoms with Crippen LogP contribution in [0.4, 0.5) is 0 Å². The second-order valence-corrected chi connectivity index (χ2v) is 9.04. The van der Waals surface area contributed by atoms with Crippen LogP contribution in [-0.2, 0) is 16.4 Å². The Morgan fingerprint density at radius 1 is 1.00 bits per heavy atom. The average Bonchev–Trinajstić information content (AvgIpc) is 3.34. The third-order valence-corrected chi connectivity index (χ3v) is 5.65. The molecule has 0 bridgehead atoms. The molecular formula is C22H20N4O6S. The molecule has 0 saturated heterocycles. The normalized spacial score (nSPS) is 11.4. The highest BCUT2D eigenvalue weighted by Gasteiger charge is 2.18. The maximum atomic E-state index is 12.5. The van der Waals surface area contributed by atoms with Gasteiger partial charge in [0.1, 0.15) is 5.69 Å². The summed E-state index contributed by atoms with van der Waals surface area (Å²) in [5.74, 6) is 1.42. The standard InChI is InChI=1S/C22H20N4O6S/c1-30-18-6-4-14(8-19(18)31-2)11-26-12-15(5-7-21(26)27)16-9-17(20-10-23-13-32-20)25-22(24-16)33(3,28)29/h4-10,12-13H,11H2,1-3H3. The van der Waals surface area contributed by atoms with Crippen LogP contribution in [0.3, 0.4) is 0 Å². The Balaban J connectivity index is 1.78. The molecule has 0 aliphatic carbocycles. The zero-order valence-electron chi connectivity index (χ0n) is 18.0. The highest BCUT2D eigenvalue weighted by Crippen LogP contribution is 2.28. The van der Waals surface area contributed by atoms with Crippen LogP contribution in [0.1, 0.15) is 5.56 Å². The van der Waals surface area contributed by atoms with Crippen molar-refractivity contribution in [2.24, 2.45) is 0 Å². The van der Waals surface area contributed by atoms with Crippen molar-refractivity contribution < 1.29 is 22.3 Å². The molecule has 0 saturated carbocycles. The first-order valence-electron chi connectivity index (χ1n) is 9.68. The van der Waals surface area contributed by atoms with Crippen LogP contribution in [0.25, 0.3) is 22.7 Å². The number of oxazole rings is 1. The molecule has 0 radical (unpaired) electrons. The van der Waals surface area contributed by atoms with Gasteiger partial charge in [0.25, 0.3) is 5.56 Å². The van der Waals surface area contributed by atoms with Crippen LogP contribution in [0.15, 0.2) is 69.6 Å². The molecule has 10 nitrogen and oxygen atoms in total. The van der Waals surface area contributed by atoms with Crippen molar-refractivity contribution in [1.29, 1.82) is 0 Å². The minimum absolute atomic E-state index is 0.235. The lowest BCUT2D eigenvalue weighted by atomic mass is 10.1. The van der Waals surface area contributed by atoms with E-state index in [-0.39, 0.29) is 23.0 Å². The van der Waals surface area contributed by atoms with E-state index >= 15 is 0 Å². The first-order valence-corrected chi connectivity index (χ1v) is 11.6. The molecule has 0 N–H and O–H groups in total. The Bertz CT molecular complexity index is 1460. The summed E-state index contributed by atoms with van der Waals surface area (Å²) in [5.41, 5.74) is 1.69. The summed E-state index contributed by atoms with van der Waals surface area (Å²) >= 11 is 0. The van der Waals surface area contributed by atoms with Crippen molar-refractivity contribution >= 4 is 9.84 Å². The molecule has 11 heteroatoms. The molecule has 0 amide bonds.